The molecule has 3 heteroatoms. The first-order chi connectivity index (χ1) is 7.81. The second-order valence-electron chi connectivity index (χ2n) is 4.55. The highest BCUT2D eigenvalue weighted by Gasteiger charge is 2.18. The van der Waals surface area contributed by atoms with Gasteiger partial charge in [0.15, 0.2) is 0 Å². The molecule has 0 aliphatic carbocycles. The van der Waals surface area contributed by atoms with Crippen molar-refractivity contribution >= 4 is 17.4 Å². The molecule has 88 valence electrons. The molecule has 2 heterocycles. The largest absolute Gasteiger partial charge is 0.354 e. The Morgan fingerprint density at radius 1 is 1.44 bits per heavy atom. The molecule has 1 fully saturated rings. The predicted octanol–water partition coefficient (Wildman–Crippen LogP) is 3.59. The zero-order valence-corrected chi connectivity index (χ0v) is 10.6. The standard InChI is InChI=1S/C13H19ClN2/c1-11-5-3-2-4-8-16(11)13-9-12(10-14)6-7-15-13/h6-7,9,11H,2-5,8,10H2,1H3. The highest BCUT2D eigenvalue weighted by atomic mass is 35.5. The Balaban J connectivity index is 2.19. The minimum Gasteiger partial charge on any atom is -0.354 e. The monoisotopic (exact) mass is 238 g/mol. The van der Waals surface area contributed by atoms with Gasteiger partial charge in [-0.15, -0.1) is 11.6 Å². The van der Waals surface area contributed by atoms with Crippen molar-refractivity contribution in [1.29, 1.82) is 0 Å². The molecule has 0 radical (unpaired) electrons. The molecular weight excluding hydrogens is 220 g/mol. The van der Waals surface area contributed by atoms with Crippen molar-refractivity contribution < 1.29 is 0 Å². The maximum atomic E-state index is 5.86. The lowest BCUT2D eigenvalue weighted by molar-refractivity contribution is 0.611. The van der Waals surface area contributed by atoms with Crippen LogP contribution in [0.1, 0.15) is 38.2 Å². The van der Waals surface area contributed by atoms with Gasteiger partial charge in [-0.1, -0.05) is 12.8 Å². The quantitative estimate of drug-likeness (QED) is 0.732. The Hall–Kier alpha value is -0.760. The van der Waals surface area contributed by atoms with E-state index in [0.29, 0.717) is 11.9 Å². The zero-order valence-electron chi connectivity index (χ0n) is 9.82. The molecule has 16 heavy (non-hydrogen) atoms. The van der Waals surface area contributed by atoms with Crippen molar-refractivity contribution in [3.05, 3.63) is 23.9 Å². The van der Waals surface area contributed by atoms with E-state index < -0.39 is 0 Å². The van der Waals surface area contributed by atoms with Crippen LogP contribution in [0.2, 0.25) is 0 Å². The van der Waals surface area contributed by atoms with Crippen molar-refractivity contribution in [2.75, 3.05) is 11.4 Å². The van der Waals surface area contributed by atoms with Crippen LogP contribution < -0.4 is 4.90 Å². The Bertz CT molecular complexity index is 340. The molecule has 1 aromatic rings. The molecule has 0 spiro atoms. The summed E-state index contributed by atoms with van der Waals surface area (Å²) in [6.07, 6.45) is 7.09. The second kappa shape index (κ2) is 5.53. The lowest BCUT2D eigenvalue weighted by Crippen LogP contribution is -2.33. The van der Waals surface area contributed by atoms with E-state index in [-0.39, 0.29) is 0 Å². The van der Waals surface area contributed by atoms with Crippen LogP contribution in [0.3, 0.4) is 0 Å². The summed E-state index contributed by atoms with van der Waals surface area (Å²) < 4.78 is 0. The van der Waals surface area contributed by atoms with Gasteiger partial charge in [-0.3, -0.25) is 0 Å². The molecule has 1 aromatic heterocycles. The van der Waals surface area contributed by atoms with Crippen molar-refractivity contribution in [3.8, 4) is 0 Å². The van der Waals surface area contributed by atoms with Crippen LogP contribution in [0.15, 0.2) is 18.3 Å². The molecule has 2 nitrogen and oxygen atoms in total. The van der Waals surface area contributed by atoms with Gasteiger partial charge >= 0.3 is 0 Å². The van der Waals surface area contributed by atoms with Crippen LogP contribution in [0.25, 0.3) is 0 Å². The lowest BCUT2D eigenvalue weighted by Gasteiger charge is -2.28. The third kappa shape index (κ3) is 2.67. The molecule has 0 aromatic carbocycles. The van der Waals surface area contributed by atoms with Gasteiger partial charge in [0.1, 0.15) is 5.82 Å². The number of aromatic nitrogens is 1. The molecule has 1 aliphatic rings. The summed E-state index contributed by atoms with van der Waals surface area (Å²) in [6, 6.07) is 4.70. The average Bonchev–Trinajstić information content (AvgIpc) is 2.54. The molecule has 1 saturated heterocycles. The van der Waals surface area contributed by atoms with Crippen LogP contribution in [0.5, 0.6) is 0 Å². The Labute approximate surface area is 103 Å². The number of nitrogens with zero attached hydrogens (tertiary/aromatic N) is 2. The molecule has 2 rings (SSSR count). The number of pyridine rings is 1. The summed E-state index contributed by atoms with van der Waals surface area (Å²) in [4.78, 5) is 6.89. The lowest BCUT2D eigenvalue weighted by atomic mass is 10.1. The summed E-state index contributed by atoms with van der Waals surface area (Å²) >= 11 is 5.86. The molecule has 1 unspecified atom stereocenters. The van der Waals surface area contributed by atoms with E-state index in [1.165, 1.54) is 25.7 Å². The summed E-state index contributed by atoms with van der Waals surface area (Å²) in [7, 11) is 0. The van der Waals surface area contributed by atoms with Crippen molar-refractivity contribution in [2.45, 2.75) is 44.5 Å². The Morgan fingerprint density at radius 3 is 3.12 bits per heavy atom. The fraction of sp³-hybridized carbons (Fsp3) is 0.615. The molecular formula is C13H19ClN2. The molecule has 1 atom stereocenters. The van der Waals surface area contributed by atoms with Crippen LogP contribution >= 0.6 is 11.6 Å². The van der Waals surface area contributed by atoms with Gasteiger partial charge in [-0.2, -0.15) is 0 Å². The zero-order chi connectivity index (χ0) is 11.4. The van der Waals surface area contributed by atoms with Crippen molar-refractivity contribution in [1.82, 2.24) is 4.98 Å². The van der Waals surface area contributed by atoms with Crippen LogP contribution in [0.4, 0.5) is 5.82 Å². The second-order valence-corrected chi connectivity index (χ2v) is 4.81. The first-order valence-corrected chi connectivity index (χ1v) is 6.62. The number of hydrogen-bond donors (Lipinski definition) is 0. The van der Waals surface area contributed by atoms with E-state index in [1.54, 1.807) is 0 Å². The molecule has 0 N–H and O–H groups in total. The topological polar surface area (TPSA) is 16.1 Å². The van der Waals surface area contributed by atoms with E-state index in [0.717, 1.165) is 17.9 Å². The third-order valence-electron chi connectivity index (χ3n) is 3.31. The number of hydrogen-bond acceptors (Lipinski definition) is 2. The number of anilines is 1. The SMILES string of the molecule is CC1CCCCCN1c1cc(CCl)ccn1. The van der Waals surface area contributed by atoms with Gasteiger partial charge in [-0.05, 0) is 37.5 Å². The minimum atomic E-state index is 0.567. The van der Waals surface area contributed by atoms with E-state index in [2.05, 4.69) is 22.9 Å². The van der Waals surface area contributed by atoms with Gasteiger partial charge in [0.05, 0.1) is 0 Å². The smallest absolute Gasteiger partial charge is 0.129 e. The fourth-order valence-electron chi connectivity index (χ4n) is 2.32. The Morgan fingerprint density at radius 2 is 2.31 bits per heavy atom. The number of halogens is 1. The first kappa shape index (κ1) is 11.7. The molecule has 0 amide bonds. The summed E-state index contributed by atoms with van der Waals surface area (Å²) in [5.74, 6) is 1.66. The number of alkyl halides is 1. The summed E-state index contributed by atoms with van der Waals surface area (Å²) in [6.45, 7) is 3.42. The predicted molar refractivity (Wildman–Crippen MR) is 69.1 cm³/mol. The molecule has 0 bridgehead atoms. The highest BCUT2D eigenvalue weighted by molar-refractivity contribution is 6.17. The van der Waals surface area contributed by atoms with E-state index in [9.17, 15) is 0 Å². The van der Waals surface area contributed by atoms with Crippen LogP contribution in [-0.4, -0.2) is 17.6 Å². The van der Waals surface area contributed by atoms with E-state index in [4.69, 9.17) is 11.6 Å². The van der Waals surface area contributed by atoms with Crippen LogP contribution in [0, 0.1) is 0 Å². The van der Waals surface area contributed by atoms with Crippen molar-refractivity contribution in [2.24, 2.45) is 0 Å². The van der Waals surface area contributed by atoms with Gasteiger partial charge < -0.3 is 4.90 Å². The van der Waals surface area contributed by atoms with Crippen LogP contribution in [-0.2, 0) is 5.88 Å². The minimum absolute atomic E-state index is 0.567. The van der Waals surface area contributed by atoms with Crippen molar-refractivity contribution in [3.63, 3.8) is 0 Å². The van der Waals surface area contributed by atoms with E-state index >= 15 is 0 Å². The maximum Gasteiger partial charge on any atom is 0.129 e. The average molecular weight is 239 g/mol. The van der Waals surface area contributed by atoms with Gasteiger partial charge in [-0.25, -0.2) is 4.98 Å². The third-order valence-corrected chi connectivity index (χ3v) is 3.62. The van der Waals surface area contributed by atoms with Gasteiger partial charge in [0.2, 0.25) is 0 Å². The fourth-order valence-corrected chi connectivity index (χ4v) is 2.48. The van der Waals surface area contributed by atoms with E-state index in [1.807, 2.05) is 12.3 Å². The highest BCUT2D eigenvalue weighted by Crippen LogP contribution is 2.23. The van der Waals surface area contributed by atoms with Gasteiger partial charge in [0.25, 0.3) is 0 Å². The molecule has 1 aliphatic heterocycles. The normalized spacial score (nSPS) is 21.9. The summed E-state index contributed by atoms with van der Waals surface area (Å²) in [5.41, 5.74) is 1.16. The summed E-state index contributed by atoms with van der Waals surface area (Å²) in [5, 5.41) is 0. The van der Waals surface area contributed by atoms with Gasteiger partial charge in [0, 0.05) is 24.7 Å². The first-order valence-electron chi connectivity index (χ1n) is 6.09. The molecule has 0 saturated carbocycles. The number of rotatable bonds is 2. The maximum absolute atomic E-state index is 5.86. The Kier molecular flexibility index (Phi) is 4.05.